The largest absolute Gasteiger partial charge is 0.396 e. The second kappa shape index (κ2) is 5.42. The molecular formula is C14H12FN3O2S. The predicted molar refractivity (Wildman–Crippen MR) is 77.5 cm³/mol. The van der Waals surface area contributed by atoms with Crippen molar-refractivity contribution in [2.45, 2.75) is 11.8 Å². The van der Waals surface area contributed by atoms with E-state index in [-0.39, 0.29) is 27.4 Å². The van der Waals surface area contributed by atoms with Crippen LogP contribution in [0.4, 0.5) is 15.8 Å². The number of nitrogens with zero attached hydrogens (tertiary/aromatic N) is 1. The Bertz CT molecular complexity index is 819. The van der Waals surface area contributed by atoms with E-state index in [1.54, 1.807) is 12.1 Å². The predicted octanol–water partition coefficient (Wildman–Crippen LogP) is 2.39. The van der Waals surface area contributed by atoms with Gasteiger partial charge in [-0.1, -0.05) is 12.1 Å². The Morgan fingerprint density at radius 2 is 1.95 bits per heavy atom. The van der Waals surface area contributed by atoms with Crippen molar-refractivity contribution >= 4 is 21.4 Å². The van der Waals surface area contributed by atoms with Crippen LogP contribution in [0.25, 0.3) is 0 Å². The zero-order chi connectivity index (χ0) is 15.6. The zero-order valence-corrected chi connectivity index (χ0v) is 11.9. The smallest absolute Gasteiger partial charge is 0.262 e. The number of sulfonamides is 1. The van der Waals surface area contributed by atoms with Gasteiger partial charge in [0.2, 0.25) is 0 Å². The van der Waals surface area contributed by atoms with Crippen LogP contribution in [0.5, 0.6) is 0 Å². The van der Waals surface area contributed by atoms with Gasteiger partial charge >= 0.3 is 0 Å². The lowest BCUT2D eigenvalue weighted by Crippen LogP contribution is -2.15. The Balaban J connectivity index is 2.47. The van der Waals surface area contributed by atoms with Crippen molar-refractivity contribution in [1.82, 2.24) is 0 Å². The molecule has 5 nitrogen and oxygen atoms in total. The van der Waals surface area contributed by atoms with Gasteiger partial charge in [0.15, 0.2) is 0 Å². The quantitative estimate of drug-likeness (QED) is 0.851. The molecule has 108 valence electrons. The minimum absolute atomic E-state index is 0.129. The van der Waals surface area contributed by atoms with Crippen LogP contribution < -0.4 is 10.5 Å². The molecule has 0 aliphatic heterocycles. The fourth-order valence-electron chi connectivity index (χ4n) is 1.79. The number of anilines is 2. The lowest BCUT2D eigenvalue weighted by atomic mass is 10.2. The van der Waals surface area contributed by atoms with Crippen LogP contribution in [0.3, 0.4) is 0 Å². The normalized spacial score (nSPS) is 10.9. The van der Waals surface area contributed by atoms with Crippen LogP contribution in [-0.4, -0.2) is 8.42 Å². The fraction of sp³-hybridized carbons (Fsp3) is 0.0714. The van der Waals surface area contributed by atoms with Gasteiger partial charge in [0.05, 0.1) is 21.8 Å². The van der Waals surface area contributed by atoms with Gasteiger partial charge in [0.1, 0.15) is 11.9 Å². The van der Waals surface area contributed by atoms with E-state index < -0.39 is 15.8 Å². The Morgan fingerprint density at radius 1 is 1.29 bits per heavy atom. The van der Waals surface area contributed by atoms with Crippen LogP contribution in [-0.2, 0) is 10.0 Å². The summed E-state index contributed by atoms with van der Waals surface area (Å²) in [5, 5.41) is 8.96. The van der Waals surface area contributed by atoms with Crippen molar-refractivity contribution < 1.29 is 12.8 Å². The molecule has 0 aliphatic carbocycles. The molecule has 7 heteroatoms. The molecule has 0 aliphatic rings. The summed E-state index contributed by atoms with van der Waals surface area (Å²) in [7, 11) is -3.96. The summed E-state index contributed by atoms with van der Waals surface area (Å²) in [5.74, 6) is -0.647. The number of nitriles is 1. The van der Waals surface area contributed by atoms with Gasteiger partial charge in [-0.05, 0) is 36.8 Å². The number of rotatable bonds is 3. The Morgan fingerprint density at radius 3 is 2.57 bits per heavy atom. The number of nitrogens with two attached hydrogens (primary N) is 1. The van der Waals surface area contributed by atoms with E-state index >= 15 is 0 Å². The molecule has 0 aromatic heterocycles. The highest BCUT2D eigenvalue weighted by molar-refractivity contribution is 7.92. The molecule has 3 N–H and O–H groups in total. The van der Waals surface area contributed by atoms with Crippen molar-refractivity contribution in [2.24, 2.45) is 0 Å². The first-order valence-electron chi connectivity index (χ1n) is 5.92. The van der Waals surface area contributed by atoms with E-state index in [0.29, 0.717) is 0 Å². The molecule has 0 heterocycles. The number of nitrogen functional groups attached to an aromatic ring is 1. The molecule has 21 heavy (non-hydrogen) atoms. The van der Waals surface area contributed by atoms with Crippen molar-refractivity contribution in [2.75, 3.05) is 10.5 Å². The second-order valence-corrected chi connectivity index (χ2v) is 6.09. The Labute approximate surface area is 121 Å². The highest BCUT2D eigenvalue weighted by Gasteiger charge is 2.18. The van der Waals surface area contributed by atoms with Gasteiger partial charge in [-0.2, -0.15) is 5.26 Å². The van der Waals surface area contributed by atoms with Gasteiger partial charge in [0.25, 0.3) is 10.0 Å². The summed E-state index contributed by atoms with van der Waals surface area (Å²) in [6.45, 7) is 1.42. The molecule has 0 unspecified atom stereocenters. The maximum Gasteiger partial charge on any atom is 0.262 e. The number of nitrogens with one attached hydrogen (secondary N) is 1. The topological polar surface area (TPSA) is 96.0 Å². The highest BCUT2D eigenvalue weighted by Crippen LogP contribution is 2.24. The minimum atomic E-state index is -3.96. The Hall–Kier alpha value is -2.59. The molecule has 0 bridgehead atoms. The van der Waals surface area contributed by atoms with Gasteiger partial charge < -0.3 is 5.73 Å². The molecule has 0 saturated heterocycles. The number of para-hydroxylation sites is 1. The van der Waals surface area contributed by atoms with E-state index in [4.69, 9.17) is 11.0 Å². The van der Waals surface area contributed by atoms with Crippen molar-refractivity contribution in [3.05, 3.63) is 53.3 Å². The summed E-state index contributed by atoms with van der Waals surface area (Å²) in [6.07, 6.45) is 0. The third-order valence-electron chi connectivity index (χ3n) is 2.86. The molecule has 0 spiro atoms. The average Bonchev–Trinajstić information content (AvgIpc) is 2.44. The molecule has 2 aromatic carbocycles. The van der Waals surface area contributed by atoms with E-state index in [2.05, 4.69) is 4.72 Å². The Kier molecular flexibility index (Phi) is 3.82. The van der Waals surface area contributed by atoms with E-state index in [1.165, 1.54) is 25.1 Å². The third-order valence-corrected chi connectivity index (χ3v) is 4.20. The monoisotopic (exact) mass is 305 g/mol. The minimum Gasteiger partial charge on any atom is -0.396 e. The summed E-state index contributed by atoms with van der Waals surface area (Å²) in [6, 6.07) is 10.3. The van der Waals surface area contributed by atoms with Gasteiger partial charge in [0, 0.05) is 0 Å². The summed E-state index contributed by atoms with van der Waals surface area (Å²) in [5.41, 5.74) is 5.67. The first-order chi connectivity index (χ1) is 9.85. The van der Waals surface area contributed by atoms with Crippen molar-refractivity contribution in [1.29, 1.82) is 5.26 Å². The van der Waals surface area contributed by atoms with Crippen molar-refractivity contribution in [3.8, 4) is 6.07 Å². The number of halogens is 1. The third kappa shape index (κ3) is 2.95. The van der Waals surface area contributed by atoms with E-state index in [0.717, 1.165) is 6.07 Å². The summed E-state index contributed by atoms with van der Waals surface area (Å²) in [4.78, 5) is -0.161. The first kappa shape index (κ1) is 14.8. The lowest BCUT2D eigenvalue weighted by Gasteiger charge is -2.11. The molecule has 0 atom stereocenters. The lowest BCUT2D eigenvalue weighted by molar-refractivity contribution is 0.599. The van der Waals surface area contributed by atoms with Crippen LogP contribution in [0.2, 0.25) is 0 Å². The van der Waals surface area contributed by atoms with Crippen molar-refractivity contribution in [3.63, 3.8) is 0 Å². The maximum absolute atomic E-state index is 13.5. The standard InChI is InChI=1S/C14H12FN3O2S/c1-9-6-11(7-12(17)14(9)15)21(19,20)18-13-5-3-2-4-10(13)8-16/h2-7,18H,17H2,1H3. The number of hydrogen-bond acceptors (Lipinski definition) is 4. The molecule has 0 fully saturated rings. The number of hydrogen-bond donors (Lipinski definition) is 2. The molecule has 0 radical (unpaired) electrons. The molecule has 0 amide bonds. The SMILES string of the molecule is Cc1cc(S(=O)(=O)Nc2ccccc2C#N)cc(N)c1F. The number of benzene rings is 2. The van der Waals surface area contributed by atoms with Crippen LogP contribution in [0.1, 0.15) is 11.1 Å². The van der Waals surface area contributed by atoms with Gasteiger partial charge in [-0.15, -0.1) is 0 Å². The molecular weight excluding hydrogens is 293 g/mol. The summed E-state index contributed by atoms with van der Waals surface area (Å²) < 4.78 is 40.3. The van der Waals surface area contributed by atoms with E-state index in [9.17, 15) is 12.8 Å². The van der Waals surface area contributed by atoms with Gasteiger partial charge in [-0.25, -0.2) is 12.8 Å². The zero-order valence-electron chi connectivity index (χ0n) is 11.1. The molecule has 2 rings (SSSR count). The van der Waals surface area contributed by atoms with Crippen LogP contribution in [0.15, 0.2) is 41.3 Å². The fourth-order valence-corrected chi connectivity index (χ4v) is 2.99. The molecule has 2 aromatic rings. The first-order valence-corrected chi connectivity index (χ1v) is 7.41. The molecule has 0 saturated carbocycles. The van der Waals surface area contributed by atoms with Crippen LogP contribution in [0, 0.1) is 24.1 Å². The highest BCUT2D eigenvalue weighted by atomic mass is 32.2. The summed E-state index contributed by atoms with van der Waals surface area (Å²) >= 11 is 0. The second-order valence-electron chi connectivity index (χ2n) is 4.41. The average molecular weight is 305 g/mol. The maximum atomic E-state index is 13.5. The van der Waals surface area contributed by atoms with Gasteiger partial charge in [-0.3, -0.25) is 4.72 Å². The van der Waals surface area contributed by atoms with Crippen LogP contribution >= 0.6 is 0 Å². The number of aryl methyl sites for hydroxylation is 1. The van der Waals surface area contributed by atoms with E-state index in [1.807, 2.05) is 6.07 Å².